The Hall–Kier alpha value is -3.91. The molecule has 7 nitrogen and oxygen atoms in total. The van der Waals surface area contributed by atoms with Crippen LogP contribution in [0.1, 0.15) is 17.2 Å². The van der Waals surface area contributed by atoms with Gasteiger partial charge in [0.25, 0.3) is 5.56 Å². The van der Waals surface area contributed by atoms with Crippen molar-refractivity contribution in [2.45, 2.75) is 24.4 Å². The highest BCUT2D eigenvalue weighted by atomic mass is 32.2. The standard InChI is InChI=1S/C26H23N5O2S/c1-18-10-6-9-15-22(18)33-16-23-28-29-26(31(23)19-11-4-3-5-12-19)34-17-24-27-21-14-8-7-13-20(21)25(32)30(24)2/h3-15H,16-17H2,1-2H3. The topological polar surface area (TPSA) is 74.8 Å². The van der Waals surface area contributed by atoms with Gasteiger partial charge in [0.1, 0.15) is 18.2 Å². The van der Waals surface area contributed by atoms with E-state index in [2.05, 4.69) is 10.2 Å². The number of thioether (sulfide) groups is 1. The van der Waals surface area contributed by atoms with E-state index in [0.717, 1.165) is 17.0 Å². The van der Waals surface area contributed by atoms with Gasteiger partial charge in [0, 0.05) is 12.7 Å². The van der Waals surface area contributed by atoms with Crippen LogP contribution >= 0.6 is 11.8 Å². The van der Waals surface area contributed by atoms with Gasteiger partial charge in [0.05, 0.1) is 16.7 Å². The van der Waals surface area contributed by atoms with E-state index in [1.165, 1.54) is 11.8 Å². The second-order valence-corrected chi connectivity index (χ2v) is 8.76. The van der Waals surface area contributed by atoms with E-state index < -0.39 is 0 Å². The fourth-order valence-corrected chi connectivity index (χ4v) is 4.66. The molecule has 0 N–H and O–H groups in total. The van der Waals surface area contributed by atoms with Gasteiger partial charge in [-0.2, -0.15) is 0 Å². The first kappa shape index (κ1) is 21.9. The normalized spacial score (nSPS) is 11.1. The molecule has 0 aliphatic heterocycles. The van der Waals surface area contributed by atoms with Crippen LogP contribution in [0.15, 0.2) is 88.8 Å². The number of nitrogens with zero attached hydrogens (tertiary/aromatic N) is 5. The van der Waals surface area contributed by atoms with Crippen LogP contribution in [0.5, 0.6) is 5.75 Å². The molecule has 0 atom stereocenters. The molecule has 0 saturated carbocycles. The van der Waals surface area contributed by atoms with Crippen LogP contribution in [0.25, 0.3) is 16.6 Å². The van der Waals surface area contributed by atoms with E-state index in [1.807, 2.05) is 84.3 Å². The van der Waals surface area contributed by atoms with E-state index in [1.54, 1.807) is 17.7 Å². The Bertz CT molecular complexity index is 1510. The third-order valence-electron chi connectivity index (χ3n) is 5.57. The van der Waals surface area contributed by atoms with Gasteiger partial charge >= 0.3 is 0 Å². The molecule has 0 unspecified atom stereocenters. The number of ether oxygens (including phenoxy) is 1. The predicted octanol–water partition coefficient (Wildman–Crippen LogP) is 4.69. The smallest absolute Gasteiger partial charge is 0.261 e. The monoisotopic (exact) mass is 469 g/mol. The molecule has 0 amide bonds. The lowest BCUT2D eigenvalue weighted by Gasteiger charge is -2.13. The third-order valence-corrected chi connectivity index (χ3v) is 6.50. The summed E-state index contributed by atoms with van der Waals surface area (Å²) in [6.45, 7) is 2.29. The Balaban J connectivity index is 1.45. The molecule has 5 rings (SSSR count). The molecule has 0 aliphatic rings. The van der Waals surface area contributed by atoms with Crippen molar-refractivity contribution < 1.29 is 4.74 Å². The molecule has 0 saturated heterocycles. The molecule has 5 aromatic rings. The molecule has 2 heterocycles. The van der Waals surface area contributed by atoms with Crippen LogP contribution < -0.4 is 10.3 Å². The van der Waals surface area contributed by atoms with Gasteiger partial charge in [-0.3, -0.25) is 13.9 Å². The van der Waals surface area contributed by atoms with Gasteiger partial charge in [-0.15, -0.1) is 10.2 Å². The maximum Gasteiger partial charge on any atom is 0.261 e. The fourth-order valence-electron chi connectivity index (χ4n) is 3.71. The highest BCUT2D eigenvalue weighted by molar-refractivity contribution is 7.98. The van der Waals surface area contributed by atoms with Gasteiger partial charge < -0.3 is 4.74 Å². The van der Waals surface area contributed by atoms with E-state index >= 15 is 0 Å². The molecule has 0 spiro atoms. The minimum Gasteiger partial charge on any atom is -0.485 e. The zero-order valence-corrected chi connectivity index (χ0v) is 19.7. The Labute approximate surface area is 201 Å². The first-order chi connectivity index (χ1) is 16.6. The van der Waals surface area contributed by atoms with Crippen LogP contribution in [0.2, 0.25) is 0 Å². The van der Waals surface area contributed by atoms with E-state index in [-0.39, 0.29) is 12.2 Å². The van der Waals surface area contributed by atoms with Gasteiger partial charge in [-0.25, -0.2) is 4.98 Å². The van der Waals surface area contributed by atoms with Gasteiger partial charge in [0.15, 0.2) is 11.0 Å². The summed E-state index contributed by atoms with van der Waals surface area (Å²) in [5, 5.41) is 10.2. The van der Waals surface area contributed by atoms with Crippen LogP contribution in [0.4, 0.5) is 0 Å². The molecule has 170 valence electrons. The molecule has 2 aromatic heterocycles. The highest BCUT2D eigenvalue weighted by Gasteiger charge is 2.17. The van der Waals surface area contributed by atoms with Gasteiger partial charge in [-0.05, 0) is 42.8 Å². The fraction of sp³-hybridized carbons (Fsp3) is 0.154. The van der Waals surface area contributed by atoms with E-state index in [4.69, 9.17) is 9.72 Å². The zero-order chi connectivity index (χ0) is 23.5. The van der Waals surface area contributed by atoms with Gasteiger partial charge in [-0.1, -0.05) is 60.3 Å². The number of para-hydroxylation sites is 3. The molecular weight excluding hydrogens is 446 g/mol. The number of fused-ring (bicyclic) bond motifs is 1. The lowest BCUT2D eigenvalue weighted by molar-refractivity contribution is 0.291. The third kappa shape index (κ3) is 4.32. The van der Waals surface area contributed by atoms with Crippen molar-refractivity contribution in [1.82, 2.24) is 24.3 Å². The minimum atomic E-state index is -0.0574. The lowest BCUT2D eigenvalue weighted by Crippen LogP contribution is -2.22. The quantitative estimate of drug-likeness (QED) is 0.322. The SMILES string of the molecule is Cc1ccccc1OCc1nnc(SCc2nc3ccccc3c(=O)n2C)n1-c1ccccc1. The lowest BCUT2D eigenvalue weighted by atomic mass is 10.2. The molecule has 0 fully saturated rings. The van der Waals surface area contributed by atoms with E-state index in [9.17, 15) is 4.79 Å². The molecule has 0 radical (unpaired) electrons. The number of hydrogen-bond acceptors (Lipinski definition) is 6. The van der Waals surface area contributed by atoms with Crippen molar-refractivity contribution in [3.8, 4) is 11.4 Å². The Morgan fingerprint density at radius 1 is 0.882 bits per heavy atom. The first-order valence-corrected chi connectivity index (χ1v) is 11.9. The molecule has 8 heteroatoms. The summed E-state index contributed by atoms with van der Waals surface area (Å²) in [5.74, 6) is 2.65. The summed E-state index contributed by atoms with van der Waals surface area (Å²) in [5.41, 5.74) is 2.64. The summed E-state index contributed by atoms with van der Waals surface area (Å²) in [7, 11) is 1.75. The molecule has 34 heavy (non-hydrogen) atoms. The molecule has 0 bridgehead atoms. The second kappa shape index (κ2) is 9.52. The zero-order valence-electron chi connectivity index (χ0n) is 18.9. The summed E-state index contributed by atoms with van der Waals surface area (Å²) < 4.78 is 9.64. The summed E-state index contributed by atoms with van der Waals surface area (Å²) in [6.07, 6.45) is 0. The van der Waals surface area contributed by atoms with Crippen molar-refractivity contribution in [1.29, 1.82) is 0 Å². The molecule has 3 aromatic carbocycles. The number of rotatable bonds is 7. The first-order valence-electron chi connectivity index (χ1n) is 10.9. The largest absolute Gasteiger partial charge is 0.485 e. The van der Waals surface area contributed by atoms with Crippen LogP contribution in [-0.2, 0) is 19.4 Å². The number of hydrogen-bond donors (Lipinski definition) is 0. The van der Waals surface area contributed by atoms with Gasteiger partial charge in [0.2, 0.25) is 0 Å². The molecule has 0 aliphatic carbocycles. The Morgan fingerprint density at radius 3 is 2.44 bits per heavy atom. The van der Waals surface area contributed by atoms with E-state index in [0.29, 0.717) is 33.5 Å². The summed E-state index contributed by atoms with van der Waals surface area (Å²) >= 11 is 1.48. The number of benzene rings is 3. The van der Waals surface area contributed by atoms with Crippen molar-refractivity contribution in [3.63, 3.8) is 0 Å². The number of aromatic nitrogens is 5. The van der Waals surface area contributed by atoms with Crippen molar-refractivity contribution in [2.24, 2.45) is 7.05 Å². The average molecular weight is 470 g/mol. The van der Waals surface area contributed by atoms with Crippen LogP contribution in [-0.4, -0.2) is 24.3 Å². The summed E-state index contributed by atoms with van der Waals surface area (Å²) in [4.78, 5) is 17.5. The maximum absolute atomic E-state index is 12.8. The Kier molecular flexibility index (Phi) is 6.14. The van der Waals surface area contributed by atoms with Crippen LogP contribution in [0.3, 0.4) is 0 Å². The average Bonchev–Trinajstić information content (AvgIpc) is 3.28. The maximum atomic E-state index is 12.8. The minimum absolute atomic E-state index is 0.0574. The van der Waals surface area contributed by atoms with Crippen molar-refractivity contribution >= 4 is 22.7 Å². The molecular formula is C26H23N5O2S. The predicted molar refractivity (Wildman–Crippen MR) is 133 cm³/mol. The highest BCUT2D eigenvalue weighted by Crippen LogP contribution is 2.26. The van der Waals surface area contributed by atoms with Crippen molar-refractivity contribution in [3.05, 3.63) is 106 Å². The van der Waals surface area contributed by atoms with Crippen LogP contribution in [0, 0.1) is 6.92 Å². The Morgan fingerprint density at radius 2 is 1.62 bits per heavy atom. The summed E-state index contributed by atoms with van der Waals surface area (Å²) in [6, 6.07) is 25.2. The second-order valence-electron chi connectivity index (χ2n) is 7.82. The van der Waals surface area contributed by atoms with Crippen molar-refractivity contribution in [2.75, 3.05) is 0 Å². The number of aryl methyl sites for hydroxylation is 1.